The molecule has 1 amide bonds. The lowest BCUT2D eigenvalue weighted by molar-refractivity contribution is 0.102. The number of benzene rings is 3. The Balaban J connectivity index is 1.37. The molecule has 0 aliphatic carbocycles. The van der Waals surface area contributed by atoms with E-state index >= 15 is 0 Å². The number of hydrogen-bond donors (Lipinski definition) is 1. The molecule has 0 unspecified atom stereocenters. The first-order chi connectivity index (χ1) is 16.3. The zero-order chi connectivity index (χ0) is 24.2. The highest BCUT2D eigenvalue weighted by atomic mass is 35.5. The van der Waals surface area contributed by atoms with Crippen molar-refractivity contribution in [2.75, 3.05) is 5.32 Å². The van der Waals surface area contributed by atoms with Crippen LogP contribution in [0.4, 0.5) is 5.82 Å². The molecule has 34 heavy (non-hydrogen) atoms. The van der Waals surface area contributed by atoms with Gasteiger partial charge in [0, 0.05) is 16.8 Å². The first-order valence-electron chi connectivity index (χ1n) is 9.93. The summed E-state index contributed by atoms with van der Waals surface area (Å²) in [7, 11) is 0. The second-order valence-corrected chi connectivity index (χ2v) is 9.35. The van der Waals surface area contributed by atoms with Gasteiger partial charge in [0.25, 0.3) is 5.91 Å². The minimum atomic E-state index is -0.338. The Morgan fingerprint density at radius 1 is 0.824 bits per heavy atom. The molecule has 174 valence electrons. The highest BCUT2D eigenvalue weighted by Gasteiger charge is 2.13. The largest absolute Gasteiger partial charge is 0.487 e. The summed E-state index contributed by atoms with van der Waals surface area (Å²) in [5.41, 5.74) is 2.21. The van der Waals surface area contributed by atoms with Crippen molar-refractivity contribution in [3.05, 3.63) is 109 Å². The lowest BCUT2D eigenvalue weighted by Gasteiger charge is -2.09. The zero-order valence-electron chi connectivity index (χ0n) is 17.4. The molecule has 0 saturated heterocycles. The van der Waals surface area contributed by atoms with E-state index < -0.39 is 0 Å². The molecule has 0 aliphatic heterocycles. The van der Waals surface area contributed by atoms with Crippen LogP contribution < -0.4 is 10.1 Å². The van der Waals surface area contributed by atoms with Crippen LogP contribution >= 0.6 is 58.0 Å². The maximum atomic E-state index is 12.7. The van der Waals surface area contributed by atoms with Gasteiger partial charge < -0.3 is 10.1 Å². The third kappa shape index (κ3) is 6.17. The lowest BCUT2D eigenvalue weighted by Crippen LogP contribution is -2.13. The van der Waals surface area contributed by atoms with Crippen LogP contribution in [-0.4, -0.2) is 15.7 Å². The summed E-state index contributed by atoms with van der Waals surface area (Å²) in [5.74, 6) is 0.449. The fourth-order valence-corrected chi connectivity index (χ4v) is 4.05. The molecule has 1 heterocycles. The average molecular weight is 556 g/mol. The summed E-state index contributed by atoms with van der Waals surface area (Å²) >= 11 is 30.3. The van der Waals surface area contributed by atoms with E-state index in [-0.39, 0.29) is 18.3 Å². The summed E-state index contributed by atoms with van der Waals surface area (Å²) < 4.78 is 7.33. The minimum Gasteiger partial charge on any atom is -0.487 e. The lowest BCUT2D eigenvalue weighted by atomic mass is 10.1. The molecule has 0 bridgehead atoms. The van der Waals surface area contributed by atoms with Crippen molar-refractivity contribution in [2.24, 2.45) is 0 Å². The molecular weight excluding hydrogens is 540 g/mol. The summed E-state index contributed by atoms with van der Waals surface area (Å²) in [6.07, 6.45) is 1.63. The molecule has 1 N–H and O–H groups in total. The number of rotatable bonds is 7. The molecule has 0 spiro atoms. The molecule has 10 heteroatoms. The molecule has 0 radical (unpaired) electrons. The quantitative estimate of drug-likeness (QED) is 0.251. The van der Waals surface area contributed by atoms with Crippen molar-refractivity contribution in [3.8, 4) is 5.75 Å². The molecular formula is C24H16Cl5N3O2. The first kappa shape index (κ1) is 24.7. The van der Waals surface area contributed by atoms with Crippen molar-refractivity contribution in [3.63, 3.8) is 0 Å². The Morgan fingerprint density at radius 3 is 2.26 bits per heavy atom. The van der Waals surface area contributed by atoms with Gasteiger partial charge in [0.15, 0.2) is 5.82 Å². The van der Waals surface area contributed by atoms with E-state index in [1.54, 1.807) is 65.5 Å². The summed E-state index contributed by atoms with van der Waals surface area (Å²) in [6.45, 7) is 0.701. The van der Waals surface area contributed by atoms with Crippen LogP contribution in [0.25, 0.3) is 0 Å². The number of aromatic nitrogens is 2. The number of ether oxygens (including phenoxy) is 1. The van der Waals surface area contributed by atoms with Crippen LogP contribution in [-0.2, 0) is 13.2 Å². The summed E-state index contributed by atoms with van der Waals surface area (Å²) in [5, 5.41) is 9.30. The van der Waals surface area contributed by atoms with Crippen molar-refractivity contribution < 1.29 is 9.53 Å². The molecule has 3 aromatic carbocycles. The monoisotopic (exact) mass is 553 g/mol. The third-order valence-corrected chi connectivity index (χ3v) is 6.33. The SMILES string of the molecule is O=C(Nc1nn(Cc2ccc(Cl)c(Cl)c2)cc1Cl)c1ccc(COc2ccc(Cl)cc2Cl)cc1. The molecule has 0 fully saturated rings. The van der Waals surface area contributed by atoms with Crippen LogP contribution in [0.15, 0.2) is 66.9 Å². The van der Waals surface area contributed by atoms with Crippen LogP contribution in [0.3, 0.4) is 0 Å². The van der Waals surface area contributed by atoms with Gasteiger partial charge in [-0.15, -0.1) is 0 Å². The Morgan fingerprint density at radius 2 is 1.56 bits per heavy atom. The van der Waals surface area contributed by atoms with Gasteiger partial charge in [0.05, 0.1) is 21.6 Å². The number of halogens is 5. The van der Waals surface area contributed by atoms with Crippen molar-refractivity contribution >= 4 is 69.7 Å². The second-order valence-electron chi connectivity index (χ2n) is 7.29. The van der Waals surface area contributed by atoms with Gasteiger partial charge in [-0.25, -0.2) is 0 Å². The van der Waals surface area contributed by atoms with E-state index in [0.717, 1.165) is 11.1 Å². The smallest absolute Gasteiger partial charge is 0.256 e. The van der Waals surface area contributed by atoms with Crippen molar-refractivity contribution in [1.82, 2.24) is 9.78 Å². The van der Waals surface area contributed by atoms with Crippen LogP contribution in [0.1, 0.15) is 21.5 Å². The molecule has 0 atom stereocenters. The number of amides is 1. The Labute approximate surface area is 221 Å². The topological polar surface area (TPSA) is 56.2 Å². The highest BCUT2D eigenvalue weighted by Crippen LogP contribution is 2.28. The average Bonchev–Trinajstić information content (AvgIpc) is 3.14. The van der Waals surface area contributed by atoms with Crippen LogP contribution in [0.2, 0.25) is 25.1 Å². The number of nitrogens with one attached hydrogen (secondary N) is 1. The number of carbonyl (C=O) groups is 1. The molecule has 0 aliphatic rings. The second kappa shape index (κ2) is 10.9. The third-order valence-electron chi connectivity index (χ3n) is 4.78. The van der Waals surface area contributed by atoms with Crippen molar-refractivity contribution in [1.29, 1.82) is 0 Å². The molecule has 0 saturated carbocycles. The number of nitrogens with zero attached hydrogens (tertiary/aromatic N) is 2. The Bertz CT molecular complexity index is 1340. The molecule has 4 aromatic rings. The predicted octanol–water partition coefficient (Wildman–Crippen LogP) is 8.03. The fraction of sp³-hybridized carbons (Fsp3) is 0.0833. The molecule has 5 nitrogen and oxygen atoms in total. The standard InChI is InChI=1S/C24H16Cl5N3O2/c25-17-6-8-22(20(28)10-17)34-13-14-1-4-16(5-2-14)24(33)30-23-21(29)12-32(31-23)11-15-3-7-18(26)19(27)9-15/h1-10,12H,11,13H2,(H,30,31,33). The van der Waals surface area contributed by atoms with Gasteiger partial charge >= 0.3 is 0 Å². The van der Waals surface area contributed by atoms with Gasteiger partial charge in [-0.3, -0.25) is 9.48 Å². The number of hydrogen-bond acceptors (Lipinski definition) is 3. The van der Waals surface area contributed by atoms with E-state index in [0.29, 0.717) is 43.0 Å². The van der Waals surface area contributed by atoms with E-state index in [9.17, 15) is 4.79 Å². The zero-order valence-corrected chi connectivity index (χ0v) is 21.1. The van der Waals surface area contributed by atoms with Crippen LogP contribution in [0.5, 0.6) is 5.75 Å². The van der Waals surface area contributed by atoms with Gasteiger partial charge in [0.1, 0.15) is 17.4 Å². The normalized spacial score (nSPS) is 10.9. The van der Waals surface area contributed by atoms with Gasteiger partial charge in [-0.2, -0.15) is 5.10 Å². The van der Waals surface area contributed by atoms with Crippen LogP contribution in [0, 0.1) is 0 Å². The maximum Gasteiger partial charge on any atom is 0.256 e. The highest BCUT2D eigenvalue weighted by molar-refractivity contribution is 6.42. The minimum absolute atomic E-state index is 0.261. The number of carbonyl (C=O) groups excluding carboxylic acids is 1. The van der Waals surface area contributed by atoms with Gasteiger partial charge in [-0.05, 0) is 53.6 Å². The molecule has 1 aromatic heterocycles. The summed E-state index contributed by atoms with van der Waals surface area (Å²) in [4.78, 5) is 12.7. The van der Waals surface area contributed by atoms with E-state index in [1.807, 2.05) is 6.07 Å². The molecule has 4 rings (SSSR count). The number of anilines is 1. The Kier molecular flexibility index (Phi) is 7.91. The van der Waals surface area contributed by atoms with Crippen molar-refractivity contribution in [2.45, 2.75) is 13.2 Å². The fourth-order valence-electron chi connectivity index (χ4n) is 3.07. The van der Waals surface area contributed by atoms with E-state index in [1.165, 1.54) is 0 Å². The summed E-state index contributed by atoms with van der Waals surface area (Å²) in [6, 6.07) is 17.3. The van der Waals surface area contributed by atoms with Gasteiger partial charge in [-0.1, -0.05) is 76.2 Å². The maximum absolute atomic E-state index is 12.7. The van der Waals surface area contributed by atoms with E-state index in [2.05, 4.69) is 10.4 Å². The first-order valence-corrected chi connectivity index (χ1v) is 11.8. The predicted molar refractivity (Wildman–Crippen MR) is 138 cm³/mol. The van der Waals surface area contributed by atoms with E-state index in [4.69, 9.17) is 62.7 Å². The Hall–Kier alpha value is -2.41. The van der Waals surface area contributed by atoms with Gasteiger partial charge in [0.2, 0.25) is 0 Å².